The van der Waals surface area contributed by atoms with E-state index in [4.69, 9.17) is 11.6 Å². The molecule has 1 atom stereocenters. The van der Waals surface area contributed by atoms with Crippen LogP contribution in [0.25, 0.3) is 0 Å². The number of halogens is 1. The van der Waals surface area contributed by atoms with Crippen LogP contribution in [0.1, 0.15) is 12.5 Å². The average molecular weight is 274 g/mol. The first-order valence-corrected chi connectivity index (χ1v) is 8.00. The topological polar surface area (TPSA) is 37.4 Å². The molecule has 1 aromatic carbocycles. The van der Waals surface area contributed by atoms with Crippen molar-refractivity contribution in [2.75, 3.05) is 23.0 Å². The van der Waals surface area contributed by atoms with Crippen molar-refractivity contribution in [2.24, 2.45) is 0 Å². The minimum Gasteiger partial charge on any atom is -0.367 e. The van der Waals surface area contributed by atoms with E-state index >= 15 is 0 Å². The molecule has 1 heterocycles. The Bertz CT molecular complexity index is 501. The van der Waals surface area contributed by atoms with Gasteiger partial charge in [0.25, 0.3) is 0 Å². The molecule has 0 bridgehead atoms. The van der Waals surface area contributed by atoms with E-state index in [0.717, 1.165) is 11.3 Å². The summed E-state index contributed by atoms with van der Waals surface area (Å²) >= 11 is 5.91. The molecule has 0 aliphatic carbocycles. The molecule has 0 radical (unpaired) electrons. The smallest absolute Gasteiger partial charge is 0.154 e. The Balaban J connectivity index is 2.29. The normalized spacial score (nSPS) is 23.6. The van der Waals surface area contributed by atoms with E-state index in [-0.39, 0.29) is 17.5 Å². The first-order valence-electron chi connectivity index (χ1n) is 5.64. The number of anilines is 1. The summed E-state index contributed by atoms with van der Waals surface area (Å²) in [5.41, 5.74) is 2.12. The number of hydrogen-bond acceptors (Lipinski definition) is 3. The van der Waals surface area contributed by atoms with E-state index in [1.807, 2.05) is 31.2 Å². The Morgan fingerprint density at radius 2 is 2.12 bits per heavy atom. The largest absolute Gasteiger partial charge is 0.367 e. The molecule has 1 aromatic rings. The van der Waals surface area contributed by atoms with Crippen LogP contribution in [0.15, 0.2) is 24.3 Å². The van der Waals surface area contributed by atoms with Crippen molar-refractivity contribution >= 4 is 27.1 Å². The van der Waals surface area contributed by atoms with E-state index in [1.165, 1.54) is 0 Å². The lowest BCUT2D eigenvalue weighted by Crippen LogP contribution is -2.47. The van der Waals surface area contributed by atoms with Crippen LogP contribution in [0.5, 0.6) is 0 Å². The molecule has 3 nitrogen and oxygen atoms in total. The second-order valence-corrected chi connectivity index (χ2v) is 6.92. The van der Waals surface area contributed by atoms with Crippen molar-refractivity contribution < 1.29 is 8.42 Å². The second-order valence-electron chi connectivity index (χ2n) is 4.42. The van der Waals surface area contributed by atoms with Gasteiger partial charge in [0.1, 0.15) is 0 Å². The zero-order valence-electron chi connectivity index (χ0n) is 9.77. The average Bonchev–Trinajstić information content (AvgIpc) is 2.28. The quantitative estimate of drug-likeness (QED) is 0.774. The Kier molecular flexibility index (Phi) is 3.64. The molecule has 0 aromatic heterocycles. The minimum atomic E-state index is -2.87. The van der Waals surface area contributed by atoms with Crippen LogP contribution < -0.4 is 4.90 Å². The Labute approximate surface area is 107 Å². The standard InChI is InChI=1S/C12H16ClNO2S/c1-10-9-17(15,16)7-6-14(10)12-5-3-2-4-11(12)8-13/h2-5,10H,6-9H2,1H3. The van der Waals surface area contributed by atoms with Crippen molar-refractivity contribution in [1.29, 1.82) is 0 Å². The molecule has 1 aliphatic rings. The molecular formula is C12H16ClNO2S. The number of rotatable bonds is 2. The van der Waals surface area contributed by atoms with Gasteiger partial charge in [-0.2, -0.15) is 0 Å². The summed E-state index contributed by atoms with van der Waals surface area (Å²) in [6, 6.07) is 7.91. The van der Waals surface area contributed by atoms with Gasteiger partial charge in [-0.25, -0.2) is 8.42 Å². The summed E-state index contributed by atoms with van der Waals surface area (Å²) in [7, 11) is -2.87. The predicted molar refractivity (Wildman–Crippen MR) is 71.5 cm³/mol. The van der Waals surface area contributed by atoms with Gasteiger partial charge in [0.15, 0.2) is 9.84 Å². The van der Waals surface area contributed by atoms with E-state index < -0.39 is 9.84 Å². The summed E-state index contributed by atoms with van der Waals surface area (Å²) in [6.45, 7) is 2.50. The lowest BCUT2D eigenvalue weighted by Gasteiger charge is -2.36. The van der Waals surface area contributed by atoms with E-state index in [0.29, 0.717) is 12.4 Å². The van der Waals surface area contributed by atoms with Gasteiger partial charge in [0.05, 0.1) is 11.5 Å². The molecule has 5 heteroatoms. The highest BCUT2D eigenvalue weighted by Crippen LogP contribution is 2.26. The zero-order valence-corrected chi connectivity index (χ0v) is 11.3. The summed E-state index contributed by atoms with van der Waals surface area (Å²) < 4.78 is 23.1. The highest BCUT2D eigenvalue weighted by Gasteiger charge is 2.28. The van der Waals surface area contributed by atoms with Gasteiger partial charge >= 0.3 is 0 Å². The molecule has 0 amide bonds. The van der Waals surface area contributed by atoms with Crippen LogP contribution in [-0.4, -0.2) is 32.5 Å². The Morgan fingerprint density at radius 1 is 1.41 bits per heavy atom. The lowest BCUT2D eigenvalue weighted by atomic mass is 10.1. The highest BCUT2D eigenvalue weighted by atomic mass is 35.5. The molecule has 0 N–H and O–H groups in total. The molecule has 1 fully saturated rings. The van der Waals surface area contributed by atoms with Crippen molar-refractivity contribution in [3.8, 4) is 0 Å². The first-order chi connectivity index (χ1) is 8.03. The Hall–Kier alpha value is -0.740. The maximum absolute atomic E-state index is 11.5. The SMILES string of the molecule is CC1CS(=O)(=O)CCN1c1ccccc1CCl. The fraction of sp³-hybridized carbons (Fsp3) is 0.500. The predicted octanol–water partition coefficient (Wildman–Crippen LogP) is 2.05. The van der Waals surface area contributed by atoms with Crippen LogP contribution in [0.4, 0.5) is 5.69 Å². The third-order valence-corrected chi connectivity index (χ3v) is 5.20. The maximum atomic E-state index is 11.5. The zero-order chi connectivity index (χ0) is 12.5. The molecule has 2 rings (SSSR count). The highest BCUT2D eigenvalue weighted by molar-refractivity contribution is 7.91. The lowest BCUT2D eigenvalue weighted by molar-refractivity contribution is 0.568. The van der Waals surface area contributed by atoms with Crippen molar-refractivity contribution in [2.45, 2.75) is 18.8 Å². The molecule has 0 spiro atoms. The van der Waals surface area contributed by atoms with Gasteiger partial charge in [0, 0.05) is 24.2 Å². The molecule has 17 heavy (non-hydrogen) atoms. The van der Waals surface area contributed by atoms with Gasteiger partial charge < -0.3 is 4.90 Å². The fourth-order valence-corrected chi connectivity index (χ4v) is 4.04. The molecule has 1 aliphatic heterocycles. The van der Waals surface area contributed by atoms with E-state index in [9.17, 15) is 8.42 Å². The second kappa shape index (κ2) is 4.86. The molecule has 1 saturated heterocycles. The fourth-order valence-electron chi connectivity index (χ4n) is 2.26. The van der Waals surface area contributed by atoms with Crippen LogP contribution in [-0.2, 0) is 15.7 Å². The maximum Gasteiger partial charge on any atom is 0.154 e. The molecule has 0 saturated carbocycles. The van der Waals surface area contributed by atoms with Gasteiger partial charge in [-0.05, 0) is 18.6 Å². The van der Waals surface area contributed by atoms with Gasteiger partial charge in [-0.1, -0.05) is 18.2 Å². The summed E-state index contributed by atoms with van der Waals surface area (Å²) in [4.78, 5) is 2.14. The van der Waals surface area contributed by atoms with Crippen LogP contribution >= 0.6 is 11.6 Å². The van der Waals surface area contributed by atoms with Gasteiger partial charge in [-0.3, -0.25) is 0 Å². The summed E-state index contributed by atoms with van der Waals surface area (Å²) in [5.74, 6) is 0.906. The number of benzene rings is 1. The van der Waals surface area contributed by atoms with Crippen molar-refractivity contribution in [1.82, 2.24) is 0 Å². The van der Waals surface area contributed by atoms with Crippen molar-refractivity contribution in [3.63, 3.8) is 0 Å². The monoisotopic (exact) mass is 273 g/mol. The number of sulfone groups is 1. The number of hydrogen-bond donors (Lipinski definition) is 0. The Morgan fingerprint density at radius 3 is 2.76 bits per heavy atom. The molecule has 1 unspecified atom stereocenters. The number of para-hydroxylation sites is 1. The van der Waals surface area contributed by atoms with E-state index in [1.54, 1.807) is 0 Å². The van der Waals surface area contributed by atoms with Crippen LogP contribution in [0, 0.1) is 0 Å². The van der Waals surface area contributed by atoms with Crippen LogP contribution in [0.2, 0.25) is 0 Å². The number of alkyl halides is 1. The summed E-state index contributed by atoms with van der Waals surface area (Å²) in [5, 5.41) is 0. The van der Waals surface area contributed by atoms with Gasteiger partial charge in [0.2, 0.25) is 0 Å². The van der Waals surface area contributed by atoms with Crippen LogP contribution in [0.3, 0.4) is 0 Å². The summed E-state index contributed by atoms with van der Waals surface area (Å²) in [6.07, 6.45) is 0. The molecule has 94 valence electrons. The van der Waals surface area contributed by atoms with E-state index in [2.05, 4.69) is 4.90 Å². The first kappa shape index (κ1) is 12.7. The third kappa shape index (κ3) is 2.75. The van der Waals surface area contributed by atoms with Gasteiger partial charge in [-0.15, -0.1) is 11.6 Å². The third-order valence-electron chi connectivity index (χ3n) is 3.12. The number of nitrogens with zero attached hydrogens (tertiary/aromatic N) is 1. The molecular weight excluding hydrogens is 258 g/mol. The van der Waals surface area contributed by atoms with Crippen molar-refractivity contribution in [3.05, 3.63) is 29.8 Å². The minimum absolute atomic E-state index is 0.0121.